The van der Waals surface area contributed by atoms with Gasteiger partial charge in [-0.2, -0.15) is 0 Å². The number of benzene rings is 6. The van der Waals surface area contributed by atoms with Crippen LogP contribution in [0.15, 0.2) is 218 Å². The minimum atomic E-state index is -1.38. The van der Waals surface area contributed by atoms with Crippen molar-refractivity contribution in [3.8, 4) is 22.3 Å². The van der Waals surface area contributed by atoms with Crippen molar-refractivity contribution in [1.29, 1.82) is 0 Å². The first-order valence-corrected chi connectivity index (χ1v) is 48.9. The van der Waals surface area contributed by atoms with Crippen LogP contribution in [0, 0.1) is 0 Å². The average Bonchev–Trinajstić information content (AvgIpc) is 0.751. The number of nitrogens with zero attached hydrogens (tertiary/aromatic N) is 7. The first-order chi connectivity index (χ1) is 61.2. The number of rotatable bonds is 45. The van der Waals surface area contributed by atoms with E-state index in [1.54, 1.807) is 24.3 Å². The van der Waals surface area contributed by atoms with Gasteiger partial charge in [0.1, 0.15) is 0 Å². The standard InChI is InChI=1S/C44H50N2O2.C24H36Br2N2O2.C24H38N2O2.C10H9BO2.C2H4O2.BHNS/c1-3-5-7-9-11-17-27-45-41-31-40(38-26-24-34-20-14-16-22-36(34)30-38)44(48)46(28-18-12-10-8-6-4-2)42(41)32-39(43(45)47)37-25-23-33-19-13-15-21-35(33)29-37;1-3-5-7-9-11-13-15-27-21-17-20(26)24(30)28(16-14-12-10-8-6-4-2)22(21)18-19(25)23(27)29;1-3-5-7-9-11-13-19-25-21-15-18-24(28)26(22(21)16-17-23(25)27)20-14-12-10-8-6-4-2;12-11(13)10-6-5-8-3-1-2-4-9(8)7-10;1-2(3)4;1-2-3/h13-16,19-26,29-32H,3-12,17-18,27-28H2,1-2H3;17-18H,3-16H2,1-2H3;15-18H,3-14,19-20H2,1-2H3;1-7,12-13H;1H3,(H,3,4);3H. The molecular formula is C104H138B2Br2N7O10S. The second-order valence-corrected chi connectivity index (χ2v) is 35.2. The fourth-order valence-corrected chi connectivity index (χ4v) is 17.3. The van der Waals surface area contributed by atoms with E-state index in [0.29, 0.717) is 51.7 Å². The second-order valence-electron chi connectivity index (χ2n) is 33.2. The normalized spacial score (nSPS) is 11.0. The molecule has 6 aromatic carbocycles. The maximum atomic E-state index is 14.5. The van der Waals surface area contributed by atoms with Gasteiger partial charge in [-0.15, -0.1) is 0 Å². The molecule has 0 saturated heterocycles. The third-order valence-electron chi connectivity index (χ3n) is 23.4. The molecule has 12 rings (SSSR count). The Labute approximate surface area is 770 Å². The molecule has 0 aliphatic carbocycles. The van der Waals surface area contributed by atoms with Gasteiger partial charge in [-0.3, -0.25) is 33.6 Å². The molecule has 3 N–H and O–H groups in total. The zero-order valence-electron chi connectivity index (χ0n) is 76.1. The van der Waals surface area contributed by atoms with Gasteiger partial charge in [-0.1, -0.05) is 349 Å². The summed E-state index contributed by atoms with van der Waals surface area (Å²) in [5.74, 6) is -0.833. The van der Waals surface area contributed by atoms with Gasteiger partial charge in [-0.25, -0.2) is 0 Å². The zero-order chi connectivity index (χ0) is 91.0. The number of halogens is 2. The Balaban J connectivity index is 0.000000241. The van der Waals surface area contributed by atoms with Gasteiger partial charge < -0.3 is 42.6 Å². The molecule has 6 aromatic heterocycles. The summed E-state index contributed by atoms with van der Waals surface area (Å²) in [6.07, 6.45) is 42.4. The van der Waals surface area contributed by atoms with Gasteiger partial charge in [0, 0.05) is 69.5 Å². The monoisotopic (exact) mass is 1860 g/mol. The van der Waals surface area contributed by atoms with E-state index in [-0.39, 0.29) is 33.4 Å². The van der Waals surface area contributed by atoms with Crippen LogP contribution in [0.2, 0.25) is 0 Å². The van der Waals surface area contributed by atoms with E-state index in [0.717, 1.165) is 174 Å². The molecule has 12 aromatic rings. The van der Waals surface area contributed by atoms with Gasteiger partial charge in [0.05, 0.1) is 42.0 Å². The number of pyridine rings is 6. The molecule has 675 valence electrons. The predicted octanol–water partition coefficient (Wildman–Crippen LogP) is 25.6. The van der Waals surface area contributed by atoms with Crippen LogP contribution in [0.1, 0.15) is 280 Å². The number of carboxylic acids is 1. The first-order valence-electron chi connectivity index (χ1n) is 46.9. The molecule has 0 aliphatic rings. The topological polar surface area (TPSA) is 222 Å². The number of fused-ring (bicyclic) bond motifs is 6. The third kappa shape index (κ3) is 33.1. The van der Waals surface area contributed by atoms with E-state index in [9.17, 15) is 28.8 Å². The molecule has 0 fully saturated rings. The summed E-state index contributed by atoms with van der Waals surface area (Å²) < 4.78 is 15.1. The average molecular weight is 1860 g/mol. The van der Waals surface area contributed by atoms with Crippen LogP contribution in [-0.2, 0) is 44.1 Å². The van der Waals surface area contributed by atoms with Crippen LogP contribution in [-0.4, -0.2) is 63.3 Å². The maximum absolute atomic E-state index is 14.5. The van der Waals surface area contributed by atoms with Crippen LogP contribution in [0.3, 0.4) is 0 Å². The van der Waals surface area contributed by atoms with Crippen molar-refractivity contribution in [3.05, 3.63) is 247 Å². The van der Waals surface area contributed by atoms with Crippen molar-refractivity contribution in [2.45, 2.75) is 319 Å². The molecular weight excluding hydrogens is 1720 g/mol. The fourth-order valence-electron chi connectivity index (χ4n) is 16.4. The van der Waals surface area contributed by atoms with Crippen LogP contribution in [0.5, 0.6) is 0 Å². The van der Waals surface area contributed by atoms with E-state index >= 15 is 0 Å². The molecule has 0 atom stereocenters. The van der Waals surface area contributed by atoms with E-state index in [1.165, 1.54) is 154 Å². The molecule has 0 aliphatic heterocycles. The summed E-state index contributed by atoms with van der Waals surface area (Å²) in [4.78, 5) is 88.6. The number of hydrogen-bond acceptors (Lipinski definition) is 11. The number of hydrogen-bond donors (Lipinski definition) is 4. The Bertz CT molecular complexity index is 5440. The van der Waals surface area contributed by atoms with Gasteiger partial charge in [-0.05, 0) is 168 Å². The quantitative estimate of drug-likeness (QED) is 0.0161. The summed E-state index contributed by atoms with van der Waals surface area (Å²) in [6, 6.07) is 56.8. The van der Waals surface area contributed by atoms with Crippen molar-refractivity contribution in [2.75, 3.05) is 0 Å². The molecule has 22 heteroatoms. The molecule has 1 radical (unpaired) electrons. The van der Waals surface area contributed by atoms with Gasteiger partial charge in [0.15, 0.2) is 0 Å². The Morgan fingerprint density at radius 2 is 0.556 bits per heavy atom. The predicted molar refractivity (Wildman–Crippen MR) is 543 cm³/mol. The summed E-state index contributed by atoms with van der Waals surface area (Å²) in [5.41, 5.74) is 8.88. The molecule has 0 unspecified atom stereocenters. The van der Waals surface area contributed by atoms with E-state index in [2.05, 4.69) is 159 Å². The van der Waals surface area contributed by atoms with Crippen LogP contribution in [0.4, 0.5) is 0 Å². The van der Waals surface area contributed by atoms with Crippen molar-refractivity contribution in [1.82, 2.24) is 27.4 Å². The number of aromatic nitrogens is 6. The number of aliphatic carboxylic acids is 1. The van der Waals surface area contributed by atoms with Gasteiger partial charge in [0.2, 0.25) is 0 Å². The fraction of sp³-hybridized carbons (Fsp3) is 0.471. The Kier molecular flexibility index (Phi) is 48.5. The van der Waals surface area contributed by atoms with Crippen molar-refractivity contribution in [3.63, 3.8) is 0 Å². The molecule has 17 nitrogen and oxygen atoms in total. The molecule has 6 heterocycles. The van der Waals surface area contributed by atoms with Crippen LogP contribution in [0.25, 0.3) is 87.7 Å². The molecule has 0 spiro atoms. The van der Waals surface area contributed by atoms with Crippen LogP contribution < -0.4 is 38.8 Å². The molecule has 0 bridgehead atoms. The summed E-state index contributed by atoms with van der Waals surface area (Å²) in [5, 5.41) is 31.9. The molecule has 126 heavy (non-hydrogen) atoms. The Morgan fingerprint density at radius 3 is 0.841 bits per heavy atom. The summed E-state index contributed by atoms with van der Waals surface area (Å²) in [6.45, 7) is 18.5. The van der Waals surface area contributed by atoms with E-state index in [4.69, 9.17) is 19.9 Å². The van der Waals surface area contributed by atoms with E-state index in [1.807, 2.05) is 118 Å². The number of unbranched alkanes of at least 4 members (excludes halogenated alkanes) is 30. The second kappa shape index (κ2) is 58.6. The number of thiol groups is 1. The number of carboxylic acid groups (broad SMARTS) is 1. The Hall–Kier alpha value is -8.79. The van der Waals surface area contributed by atoms with Crippen molar-refractivity contribution in [2.24, 2.45) is 4.30 Å². The summed E-state index contributed by atoms with van der Waals surface area (Å²) >= 11 is 10.1. The van der Waals surface area contributed by atoms with Gasteiger partial charge in [0.25, 0.3) is 39.3 Å². The molecule has 0 amide bonds. The first kappa shape index (κ1) is 104. The number of aryl methyl sites for hydroxylation is 6. The van der Waals surface area contributed by atoms with Crippen molar-refractivity contribution >= 4 is 136 Å². The Morgan fingerprint density at radius 1 is 0.317 bits per heavy atom. The minimum absolute atomic E-state index is 0.0144. The number of carbonyl (C=O) groups is 1. The zero-order valence-corrected chi connectivity index (χ0v) is 80.2. The molecule has 0 saturated carbocycles. The summed E-state index contributed by atoms with van der Waals surface area (Å²) in [7, 11) is 2.95. The van der Waals surface area contributed by atoms with Gasteiger partial charge >= 0.3 is 31.9 Å². The third-order valence-corrected chi connectivity index (χ3v) is 24.5. The van der Waals surface area contributed by atoms with Crippen LogP contribution >= 0.6 is 44.7 Å². The van der Waals surface area contributed by atoms with E-state index < -0.39 is 13.1 Å². The van der Waals surface area contributed by atoms with Crippen molar-refractivity contribution < 1.29 is 19.9 Å². The SMILES string of the molecule is CC(=O)O.CCCCCCCCn1c(=O)c(-c2ccc3ccccc3c2)cc2c1cc(-c1ccc3ccccc3c1)c(=O)n2CCCCCCCC.CCCCCCCCn1c(=O)c(Br)cc2c1cc(Br)c(=O)n2CCCCCCCC.CCCCCCCCn1c(=O)ccc2c1ccc(=O)n2CCCCCCCC.OB(O)c1ccc2ccccc2c1.[B]=NS.